The molecule has 0 aliphatic rings. The van der Waals surface area contributed by atoms with Crippen LogP contribution in [0.3, 0.4) is 0 Å². The van der Waals surface area contributed by atoms with Crippen molar-refractivity contribution < 1.29 is 18.3 Å². The van der Waals surface area contributed by atoms with Crippen molar-refractivity contribution in [3.8, 4) is 5.75 Å². The number of anilines is 1. The fourth-order valence-electron chi connectivity index (χ4n) is 2.48. The molecular weight excluding hydrogens is 415 g/mol. The lowest BCUT2D eigenvalue weighted by molar-refractivity contribution is -0.0497. The predicted molar refractivity (Wildman–Crippen MR) is 100 cm³/mol. The lowest BCUT2D eigenvalue weighted by atomic mass is 10.3. The summed E-state index contributed by atoms with van der Waals surface area (Å²) in [6.07, 6.45) is 1.63. The third-order valence-electron chi connectivity index (χ3n) is 3.85. The molecular formula is C17H15Cl2F2N5O2. The SMILES string of the molecule is Cc1nn(Cn2ccc(C(=O)Nc3ccc(OC(F)F)c(Cl)c3)n2)c(C)c1Cl. The number of carbonyl (C=O) groups is 1. The lowest BCUT2D eigenvalue weighted by Crippen LogP contribution is -2.15. The van der Waals surface area contributed by atoms with Crippen molar-refractivity contribution >= 4 is 34.8 Å². The standard InChI is InChI=1S/C17H15Cl2F2N5O2/c1-9-15(19)10(2)26(23-9)8-25-6-5-13(24-25)16(27)22-11-3-4-14(12(18)7-11)28-17(20)21/h3-7,17H,8H2,1-2H3,(H,22,27). The topological polar surface area (TPSA) is 74.0 Å². The summed E-state index contributed by atoms with van der Waals surface area (Å²) in [6, 6.07) is 5.50. The van der Waals surface area contributed by atoms with E-state index in [4.69, 9.17) is 23.2 Å². The van der Waals surface area contributed by atoms with E-state index in [-0.39, 0.29) is 23.1 Å². The van der Waals surface area contributed by atoms with Crippen molar-refractivity contribution in [2.24, 2.45) is 0 Å². The average Bonchev–Trinajstić information content (AvgIpc) is 3.18. The van der Waals surface area contributed by atoms with Gasteiger partial charge >= 0.3 is 6.61 Å². The lowest BCUT2D eigenvalue weighted by Gasteiger charge is -2.09. The molecule has 0 saturated carbocycles. The van der Waals surface area contributed by atoms with Crippen molar-refractivity contribution in [2.75, 3.05) is 5.32 Å². The van der Waals surface area contributed by atoms with Crippen LogP contribution in [0.25, 0.3) is 0 Å². The number of amides is 1. The Hall–Kier alpha value is -2.65. The third-order valence-corrected chi connectivity index (χ3v) is 4.69. The van der Waals surface area contributed by atoms with E-state index >= 15 is 0 Å². The molecule has 28 heavy (non-hydrogen) atoms. The Morgan fingerprint density at radius 3 is 2.61 bits per heavy atom. The summed E-state index contributed by atoms with van der Waals surface area (Å²) in [7, 11) is 0. The molecule has 3 aromatic rings. The molecule has 0 aliphatic carbocycles. The minimum Gasteiger partial charge on any atom is -0.433 e. The Morgan fingerprint density at radius 1 is 1.25 bits per heavy atom. The van der Waals surface area contributed by atoms with E-state index in [2.05, 4.69) is 20.3 Å². The van der Waals surface area contributed by atoms with Crippen molar-refractivity contribution in [3.63, 3.8) is 0 Å². The summed E-state index contributed by atoms with van der Waals surface area (Å²) in [5.74, 6) is -0.661. The van der Waals surface area contributed by atoms with Crippen molar-refractivity contribution in [2.45, 2.75) is 27.1 Å². The number of carbonyl (C=O) groups excluding carboxylic acids is 1. The van der Waals surface area contributed by atoms with Crippen LogP contribution in [0.2, 0.25) is 10.0 Å². The number of hydrogen-bond donors (Lipinski definition) is 1. The van der Waals surface area contributed by atoms with E-state index in [0.717, 1.165) is 5.69 Å². The fraction of sp³-hybridized carbons (Fsp3) is 0.235. The smallest absolute Gasteiger partial charge is 0.387 e. The number of alkyl halides is 2. The van der Waals surface area contributed by atoms with Crippen LogP contribution in [0.4, 0.5) is 14.5 Å². The maximum Gasteiger partial charge on any atom is 0.387 e. The zero-order chi connectivity index (χ0) is 20.4. The molecule has 0 unspecified atom stereocenters. The van der Waals surface area contributed by atoms with E-state index in [0.29, 0.717) is 16.4 Å². The highest BCUT2D eigenvalue weighted by Gasteiger charge is 2.14. The van der Waals surface area contributed by atoms with E-state index in [1.54, 1.807) is 23.9 Å². The van der Waals surface area contributed by atoms with Gasteiger partial charge in [-0.15, -0.1) is 0 Å². The van der Waals surface area contributed by atoms with Gasteiger partial charge in [-0.2, -0.15) is 19.0 Å². The van der Waals surface area contributed by atoms with Crippen LogP contribution in [-0.2, 0) is 6.67 Å². The Balaban J connectivity index is 1.69. The quantitative estimate of drug-likeness (QED) is 0.631. The molecule has 0 aliphatic heterocycles. The Labute approximate surface area is 168 Å². The second-order valence-electron chi connectivity index (χ2n) is 5.84. The Morgan fingerprint density at radius 2 is 2.00 bits per heavy atom. The molecule has 7 nitrogen and oxygen atoms in total. The number of hydrogen-bond acceptors (Lipinski definition) is 4. The third kappa shape index (κ3) is 4.42. The van der Waals surface area contributed by atoms with Crippen LogP contribution >= 0.6 is 23.2 Å². The number of rotatable bonds is 6. The number of nitrogens with one attached hydrogen (secondary N) is 1. The van der Waals surface area contributed by atoms with Gasteiger partial charge in [0.2, 0.25) is 0 Å². The summed E-state index contributed by atoms with van der Waals surface area (Å²) in [5.41, 5.74) is 1.98. The van der Waals surface area contributed by atoms with Gasteiger partial charge in [0.15, 0.2) is 5.69 Å². The molecule has 0 spiro atoms. The summed E-state index contributed by atoms with van der Waals surface area (Å²) < 4.78 is 32.0. The van der Waals surface area contributed by atoms with Gasteiger partial charge in [0, 0.05) is 11.9 Å². The summed E-state index contributed by atoms with van der Waals surface area (Å²) in [4.78, 5) is 12.4. The molecule has 0 saturated heterocycles. The number of aromatic nitrogens is 4. The first-order chi connectivity index (χ1) is 13.2. The highest BCUT2D eigenvalue weighted by Crippen LogP contribution is 2.29. The molecule has 0 atom stereocenters. The average molecular weight is 430 g/mol. The molecule has 3 rings (SSSR count). The minimum absolute atomic E-state index is 0.0509. The summed E-state index contributed by atoms with van der Waals surface area (Å²) in [6.45, 7) is 0.943. The largest absolute Gasteiger partial charge is 0.433 e. The minimum atomic E-state index is -2.99. The molecule has 1 aromatic carbocycles. The van der Waals surface area contributed by atoms with Crippen molar-refractivity contribution in [3.05, 3.63) is 57.6 Å². The van der Waals surface area contributed by atoms with Crippen LogP contribution in [-0.4, -0.2) is 32.1 Å². The second kappa shape index (κ2) is 8.15. The maximum atomic E-state index is 12.4. The van der Waals surface area contributed by atoms with Gasteiger partial charge in [-0.05, 0) is 38.1 Å². The zero-order valence-electron chi connectivity index (χ0n) is 14.8. The van der Waals surface area contributed by atoms with Gasteiger partial charge in [-0.1, -0.05) is 23.2 Å². The molecule has 0 bridgehead atoms. The first-order valence-corrected chi connectivity index (χ1v) is 8.79. The Bertz CT molecular complexity index is 1020. The number of benzene rings is 1. The monoisotopic (exact) mass is 429 g/mol. The van der Waals surface area contributed by atoms with Gasteiger partial charge in [0.05, 0.1) is 21.4 Å². The van der Waals surface area contributed by atoms with Crippen LogP contribution in [0.5, 0.6) is 5.75 Å². The Kier molecular flexibility index (Phi) is 5.85. The van der Waals surface area contributed by atoms with Crippen molar-refractivity contribution in [1.29, 1.82) is 0 Å². The fourth-order valence-corrected chi connectivity index (χ4v) is 2.84. The van der Waals surface area contributed by atoms with Crippen LogP contribution < -0.4 is 10.1 Å². The number of aryl methyl sites for hydroxylation is 1. The normalized spacial score (nSPS) is 11.1. The second-order valence-corrected chi connectivity index (χ2v) is 6.63. The maximum absolute atomic E-state index is 12.4. The molecule has 2 heterocycles. The summed E-state index contributed by atoms with van der Waals surface area (Å²) in [5, 5.41) is 11.6. The van der Waals surface area contributed by atoms with E-state index in [1.807, 2.05) is 6.92 Å². The molecule has 148 valence electrons. The van der Waals surface area contributed by atoms with E-state index in [9.17, 15) is 13.6 Å². The van der Waals surface area contributed by atoms with E-state index in [1.165, 1.54) is 22.9 Å². The highest BCUT2D eigenvalue weighted by molar-refractivity contribution is 6.32. The summed E-state index contributed by atoms with van der Waals surface area (Å²) >= 11 is 12.0. The van der Waals surface area contributed by atoms with Gasteiger partial charge in [0.1, 0.15) is 12.4 Å². The first-order valence-electron chi connectivity index (χ1n) is 8.03. The number of halogens is 4. The van der Waals surface area contributed by atoms with Gasteiger partial charge in [-0.25, -0.2) is 4.68 Å². The zero-order valence-corrected chi connectivity index (χ0v) is 16.3. The molecule has 0 fully saturated rings. The van der Waals surface area contributed by atoms with Crippen LogP contribution in [0.15, 0.2) is 30.5 Å². The van der Waals surface area contributed by atoms with E-state index < -0.39 is 12.5 Å². The molecule has 0 radical (unpaired) electrons. The number of nitrogens with zero attached hydrogens (tertiary/aromatic N) is 4. The van der Waals surface area contributed by atoms with Crippen LogP contribution in [0, 0.1) is 13.8 Å². The molecule has 1 N–H and O–H groups in total. The molecule has 11 heteroatoms. The first kappa shape index (κ1) is 20.1. The van der Waals surface area contributed by atoms with Gasteiger partial charge in [-0.3, -0.25) is 9.48 Å². The van der Waals surface area contributed by atoms with Gasteiger partial charge < -0.3 is 10.1 Å². The molecule has 1 amide bonds. The van der Waals surface area contributed by atoms with Crippen LogP contribution in [0.1, 0.15) is 21.9 Å². The molecule has 2 aromatic heterocycles. The highest BCUT2D eigenvalue weighted by atomic mass is 35.5. The van der Waals surface area contributed by atoms with Gasteiger partial charge in [0.25, 0.3) is 5.91 Å². The number of ether oxygens (including phenoxy) is 1. The predicted octanol–water partition coefficient (Wildman–Crippen LogP) is 4.36. The van der Waals surface area contributed by atoms with Crippen molar-refractivity contribution in [1.82, 2.24) is 19.6 Å².